The van der Waals surface area contributed by atoms with Crippen LogP contribution in [0.25, 0.3) is 10.4 Å². The lowest BCUT2D eigenvalue weighted by Crippen LogP contribution is -2.45. The van der Waals surface area contributed by atoms with Gasteiger partial charge in [-0.3, -0.25) is 9.59 Å². The van der Waals surface area contributed by atoms with E-state index < -0.39 is 65.0 Å². The molecule has 0 bridgehead atoms. The molecule has 0 saturated carbocycles. The van der Waals surface area contributed by atoms with Gasteiger partial charge in [0.2, 0.25) is 11.6 Å². The van der Waals surface area contributed by atoms with Gasteiger partial charge in [0.15, 0.2) is 23.2 Å². The number of Topliss-reactive ketones (excluding diaryl/α,β-unsaturated/α-hetero) is 1. The number of carboxylic acid groups (broad SMARTS) is 1. The smallest absolute Gasteiger partial charge is 0.407 e. The van der Waals surface area contributed by atoms with Crippen LogP contribution in [0.5, 0.6) is 5.75 Å². The van der Waals surface area contributed by atoms with Gasteiger partial charge in [-0.1, -0.05) is 17.2 Å². The number of unbranched alkanes of at least 4 members (excludes halogenated alkanes) is 1. The van der Waals surface area contributed by atoms with E-state index in [9.17, 15) is 37.1 Å². The molecule has 0 aliphatic carbocycles. The number of rotatable bonds is 12. The summed E-state index contributed by atoms with van der Waals surface area (Å²) in [5.41, 5.74) is 8.08. The number of hydrogen-bond acceptors (Lipinski definition) is 5. The van der Waals surface area contributed by atoms with Gasteiger partial charge in [-0.2, -0.15) is 8.78 Å². The Morgan fingerprint density at radius 2 is 1.74 bits per heavy atom. The lowest BCUT2D eigenvalue weighted by molar-refractivity contribution is -0.123. The number of halogens is 4. The highest BCUT2D eigenvalue weighted by molar-refractivity contribution is 5.98. The van der Waals surface area contributed by atoms with Crippen LogP contribution in [-0.2, 0) is 4.79 Å². The van der Waals surface area contributed by atoms with Crippen molar-refractivity contribution in [1.29, 1.82) is 0 Å². The van der Waals surface area contributed by atoms with E-state index in [0.717, 1.165) is 0 Å². The van der Waals surface area contributed by atoms with Crippen molar-refractivity contribution in [3.63, 3.8) is 0 Å². The van der Waals surface area contributed by atoms with E-state index in [1.807, 2.05) is 0 Å². The van der Waals surface area contributed by atoms with Crippen LogP contribution in [0.1, 0.15) is 50.4 Å². The summed E-state index contributed by atoms with van der Waals surface area (Å²) in [4.78, 5) is 41.1. The summed E-state index contributed by atoms with van der Waals surface area (Å²) in [7, 11) is 0. The van der Waals surface area contributed by atoms with Crippen LogP contribution in [0.4, 0.5) is 28.0 Å². The number of hydrogen-bond donors (Lipinski definition) is 2. The average Bonchev–Trinajstić information content (AvgIpc) is 2.85. The quantitative estimate of drug-likeness (QED) is 0.0842. The molecule has 0 fully saturated rings. The number of nitrogens with zero attached hydrogens (tertiary/aromatic N) is 4. The van der Waals surface area contributed by atoms with Gasteiger partial charge in [0.05, 0.1) is 6.04 Å². The molecule has 0 heterocycles. The minimum atomic E-state index is -1.83. The summed E-state index contributed by atoms with van der Waals surface area (Å²) in [5.74, 6) is -10.1. The molecule has 1 atom stereocenters. The number of carbonyl (C=O) groups is 3. The topological polar surface area (TPSA) is 145 Å². The zero-order valence-electron chi connectivity index (χ0n) is 21.4. The number of amides is 2. The molecule has 10 nitrogen and oxygen atoms in total. The van der Waals surface area contributed by atoms with Crippen LogP contribution < -0.4 is 10.1 Å². The number of ketones is 1. The first-order chi connectivity index (χ1) is 18.3. The van der Waals surface area contributed by atoms with Crippen LogP contribution >= 0.6 is 0 Å². The lowest BCUT2D eigenvalue weighted by atomic mass is 10.0. The molecule has 39 heavy (non-hydrogen) atoms. The second-order valence-electron chi connectivity index (χ2n) is 9.42. The molecule has 0 saturated heterocycles. The largest absolute Gasteiger partial charge is 0.479 e. The molecule has 0 radical (unpaired) electrons. The van der Waals surface area contributed by atoms with Crippen molar-refractivity contribution in [2.75, 3.05) is 13.2 Å². The second-order valence-corrected chi connectivity index (χ2v) is 9.42. The highest BCUT2D eigenvalue weighted by atomic mass is 19.2. The molecule has 2 amide bonds. The van der Waals surface area contributed by atoms with E-state index >= 15 is 0 Å². The summed E-state index contributed by atoms with van der Waals surface area (Å²) in [6.45, 7) is 4.22. The maximum atomic E-state index is 13.9. The predicted molar refractivity (Wildman–Crippen MR) is 132 cm³/mol. The van der Waals surface area contributed by atoms with E-state index in [1.165, 1.54) is 29.2 Å². The van der Waals surface area contributed by atoms with Crippen LogP contribution in [-0.4, -0.2) is 52.5 Å². The molecule has 0 aliphatic rings. The van der Waals surface area contributed by atoms with Crippen LogP contribution in [0, 0.1) is 23.3 Å². The number of ether oxygens (including phenoxy) is 1. The average molecular weight is 554 g/mol. The zero-order valence-corrected chi connectivity index (χ0v) is 21.4. The van der Waals surface area contributed by atoms with Gasteiger partial charge in [0.1, 0.15) is 6.61 Å². The Hall–Kier alpha value is -4.32. The third kappa shape index (κ3) is 8.60. The van der Waals surface area contributed by atoms with Gasteiger partial charge in [0, 0.05) is 34.3 Å². The first-order valence-electron chi connectivity index (χ1n) is 11.7. The normalized spacial score (nSPS) is 11.8. The van der Waals surface area contributed by atoms with E-state index in [4.69, 9.17) is 10.3 Å². The number of carbonyl (C=O) groups excluding carboxylic acids is 2. The second kappa shape index (κ2) is 13.5. The summed E-state index contributed by atoms with van der Waals surface area (Å²) in [6, 6.07) is 4.25. The number of benzene rings is 2. The van der Waals surface area contributed by atoms with Gasteiger partial charge in [-0.15, -0.1) is 0 Å². The van der Waals surface area contributed by atoms with E-state index in [0.29, 0.717) is 6.42 Å². The van der Waals surface area contributed by atoms with Crippen LogP contribution in [0.2, 0.25) is 0 Å². The highest BCUT2D eigenvalue weighted by Gasteiger charge is 2.27. The van der Waals surface area contributed by atoms with Crippen LogP contribution in [0.15, 0.2) is 35.4 Å². The van der Waals surface area contributed by atoms with Crippen LogP contribution in [0.3, 0.4) is 0 Å². The van der Waals surface area contributed by atoms with Gasteiger partial charge in [-0.25, -0.2) is 13.6 Å². The van der Waals surface area contributed by atoms with Crippen molar-refractivity contribution in [2.24, 2.45) is 5.11 Å². The summed E-state index contributed by atoms with van der Waals surface area (Å²) >= 11 is 0. The molecular formula is C25H27F4N5O5. The summed E-state index contributed by atoms with van der Waals surface area (Å²) < 4.78 is 59.6. The molecule has 210 valence electrons. The Morgan fingerprint density at radius 1 is 1.10 bits per heavy atom. The van der Waals surface area contributed by atoms with Crippen molar-refractivity contribution < 1.29 is 41.8 Å². The molecule has 0 aromatic heterocycles. The molecule has 2 N–H and O–H groups in total. The third-order valence-electron chi connectivity index (χ3n) is 5.56. The highest BCUT2D eigenvalue weighted by Crippen LogP contribution is 2.26. The Kier molecular flexibility index (Phi) is 10.7. The third-order valence-corrected chi connectivity index (χ3v) is 5.56. The molecule has 14 heteroatoms. The van der Waals surface area contributed by atoms with Gasteiger partial charge >= 0.3 is 6.09 Å². The fourth-order valence-corrected chi connectivity index (χ4v) is 3.57. The lowest BCUT2D eigenvalue weighted by Gasteiger charge is -2.33. The standard InChI is InChI=1S/C25H27F4N5O5/c1-25(2,3)34(24(37)38)10-5-4-9-18(31-23(36)14-7-6-8-15(11-14)32-33-30)19(35)13-39-22-20(28)16(26)12-17(27)21(22)29/h6-8,11-12,18H,4-5,9-10,13H2,1-3H3,(H,31,36)(H,37,38)/t18-/m0/s1. The van der Waals surface area contributed by atoms with Crippen molar-refractivity contribution in [2.45, 2.75) is 51.6 Å². The molecule has 2 aromatic carbocycles. The maximum absolute atomic E-state index is 13.9. The van der Waals surface area contributed by atoms with Gasteiger partial charge in [0.25, 0.3) is 5.91 Å². The van der Waals surface area contributed by atoms with Crippen molar-refractivity contribution in [3.05, 3.63) is 69.6 Å². The Morgan fingerprint density at radius 3 is 2.31 bits per heavy atom. The fourth-order valence-electron chi connectivity index (χ4n) is 3.57. The minimum Gasteiger partial charge on any atom is -0.479 e. The van der Waals surface area contributed by atoms with Gasteiger partial charge < -0.3 is 20.1 Å². The molecule has 0 spiro atoms. The molecule has 0 unspecified atom stereocenters. The SMILES string of the molecule is CC(C)(C)N(CCCC[C@H](NC(=O)c1cccc(N=[N+]=[N-])c1)C(=O)COc1c(F)c(F)cc(F)c1F)C(=O)O. The van der Waals surface area contributed by atoms with Gasteiger partial charge in [-0.05, 0) is 57.7 Å². The van der Waals surface area contributed by atoms with Crippen molar-refractivity contribution >= 4 is 23.5 Å². The summed E-state index contributed by atoms with van der Waals surface area (Å²) in [5, 5.41) is 15.3. The number of nitrogens with one attached hydrogen (secondary N) is 1. The number of azide groups is 1. The molecule has 0 aliphatic heterocycles. The Labute approximate surface area is 221 Å². The maximum Gasteiger partial charge on any atom is 0.407 e. The summed E-state index contributed by atoms with van der Waals surface area (Å²) in [6.07, 6.45) is -0.617. The molecular weight excluding hydrogens is 526 g/mol. The Bertz CT molecular complexity index is 1250. The van der Waals surface area contributed by atoms with Crippen molar-refractivity contribution in [1.82, 2.24) is 10.2 Å². The first-order valence-corrected chi connectivity index (χ1v) is 11.7. The fraction of sp³-hybridized carbons (Fsp3) is 0.400. The van der Waals surface area contributed by atoms with E-state index in [1.54, 1.807) is 20.8 Å². The van der Waals surface area contributed by atoms with Crippen molar-refractivity contribution in [3.8, 4) is 5.75 Å². The minimum absolute atomic E-state index is 0.00908. The first kappa shape index (κ1) is 30.9. The molecule has 2 rings (SSSR count). The predicted octanol–water partition coefficient (Wildman–Crippen LogP) is 5.88. The zero-order chi connectivity index (χ0) is 29.3. The Balaban J connectivity index is 2.19. The van der Waals surface area contributed by atoms with E-state index in [2.05, 4.69) is 15.3 Å². The van der Waals surface area contributed by atoms with E-state index in [-0.39, 0.29) is 36.7 Å². The monoisotopic (exact) mass is 553 g/mol. The molecule has 2 aromatic rings.